The van der Waals surface area contributed by atoms with E-state index in [2.05, 4.69) is 6.92 Å². The quantitative estimate of drug-likeness (QED) is 0.666. The fourth-order valence-electron chi connectivity index (χ4n) is 4.27. The first kappa shape index (κ1) is 20.5. The number of methoxy groups -OCH3 is 2. The van der Waals surface area contributed by atoms with E-state index < -0.39 is 11.4 Å². The Balaban J connectivity index is 1.81. The molecule has 1 aromatic heterocycles. The van der Waals surface area contributed by atoms with Crippen molar-refractivity contribution in [3.63, 3.8) is 0 Å². The molecule has 7 nitrogen and oxygen atoms in total. The van der Waals surface area contributed by atoms with Crippen LogP contribution in [-0.4, -0.2) is 43.1 Å². The van der Waals surface area contributed by atoms with Gasteiger partial charge in [-0.1, -0.05) is 6.92 Å². The zero-order valence-corrected chi connectivity index (χ0v) is 17.6. The standard InChI is InChI=1S/C23H27NO6/c1-23(5-6-23)21-10-14-9-20(30-8-4-7-28-2)19(29-3)11-15(14)17-12-18(25)16(22(26)27)13-24(17)21/h9,11-13,21H,4-8,10H2,1-3H3,(H,26,27)/t21-/m0/s1. The van der Waals surface area contributed by atoms with Gasteiger partial charge in [-0.3, -0.25) is 4.79 Å². The summed E-state index contributed by atoms with van der Waals surface area (Å²) in [6, 6.07) is 5.42. The van der Waals surface area contributed by atoms with Crippen molar-refractivity contribution in [3.8, 4) is 22.8 Å². The van der Waals surface area contributed by atoms with Gasteiger partial charge in [-0.15, -0.1) is 0 Å². The van der Waals surface area contributed by atoms with Crippen molar-refractivity contribution in [2.75, 3.05) is 27.4 Å². The number of pyridine rings is 1. The van der Waals surface area contributed by atoms with Crippen molar-refractivity contribution in [2.24, 2.45) is 5.41 Å². The molecule has 4 rings (SSSR count). The molecule has 30 heavy (non-hydrogen) atoms. The van der Waals surface area contributed by atoms with E-state index in [1.165, 1.54) is 12.3 Å². The summed E-state index contributed by atoms with van der Waals surface area (Å²) < 4.78 is 18.5. The van der Waals surface area contributed by atoms with E-state index in [0.717, 1.165) is 42.5 Å². The van der Waals surface area contributed by atoms with Crippen molar-refractivity contribution >= 4 is 5.97 Å². The zero-order chi connectivity index (χ0) is 21.5. The van der Waals surface area contributed by atoms with Crippen molar-refractivity contribution in [1.29, 1.82) is 0 Å². The molecule has 0 amide bonds. The van der Waals surface area contributed by atoms with Crippen LogP contribution in [0.3, 0.4) is 0 Å². The van der Waals surface area contributed by atoms with Crippen LogP contribution < -0.4 is 14.9 Å². The third-order valence-corrected chi connectivity index (χ3v) is 6.32. The number of hydrogen-bond acceptors (Lipinski definition) is 5. The smallest absolute Gasteiger partial charge is 0.341 e. The summed E-state index contributed by atoms with van der Waals surface area (Å²) in [7, 11) is 3.24. The fourth-order valence-corrected chi connectivity index (χ4v) is 4.27. The van der Waals surface area contributed by atoms with Crippen LogP contribution in [0.1, 0.15) is 48.1 Å². The molecule has 0 unspecified atom stereocenters. The van der Waals surface area contributed by atoms with Gasteiger partial charge in [0.1, 0.15) is 5.56 Å². The molecular formula is C23H27NO6. The number of benzene rings is 1. The van der Waals surface area contributed by atoms with E-state index in [0.29, 0.717) is 24.7 Å². The summed E-state index contributed by atoms with van der Waals surface area (Å²) in [4.78, 5) is 24.0. The fraction of sp³-hybridized carbons (Fsp3) is 0.478. The van der Waals surface area contributed by atoms with Gasteiger partial charge in [0.2, 0.25) is 0 Å². The molecule has 1 N–H and O–H groups in total. The second kappa shape index (κ2) is 7.80. The molecule has 1 aliphatic carbocycles. The molecule has 7 heteroatoms. The highest BCUT2D eigenvalue weighted by atomic mass is 16.5. The van der Waals surface area contributed by atoms with Gasteiger partial charge in [0, 0.05) is 44.0 Å². The Morgan fingerprint density at radius 3 is 2.60 bits per heavy atom. The molecule has 0 bridgehead atoms. The Morgan fingerprint density at radius 1 is 1.20 bits per heavy atom. The van der Waals surface area contributed by atoms with E-state index in [1.54, 1.807) is 14.2 Å². The van der Waals surface area contributed by atoms with Crippen molar-refractivity contribution in [2.45, 2.75) is 38.6 Å². The monoisotopic (exact) mass is 413 g/mol. The van der Waals surface area contributed by atoms with E-state index in [1.807, 2.05) is 16.7 Å². The number of fused-ring (bicyclic) bond motifs is 3. The lowest BCUT2D eigenvalue weighted by atomic mass is 9.84. The predicted molar refractivity (Wildman–Crippen MR) is 112 cm³/mol. The molecule has 1 atom stereocenters. The summed E-state index contributed by atoms with van der Waals surface area (Å²) in [5, 5.41) is 9.45. The maximum absolute atomic E-state index is 12.5. The number of aromatic nitrogens is 1. The lowest BCUT2D eigenvalue weighted by Crippen LogP contribution is -2.29. The molecular weight excluding hydrogens is 386 g/mol. The average molecular weight is 413 g/mol. The minimum absolute atomic E-state index is 0.0911. The Hall–Kier alpha value is -2.80. The molecule has 2 heterocycles. The molecule has 1 fully saturated rings. The van der Waals surface area contributed by atoms with Gasteiger partial charge in [-0.2, -0.15) is 0 Å². The highest BCUT2D eigenvalue weighted by Gasteiger charge is 2.47. The molecule has 2 aliphatic rings. The number of rotatable bonds is 8. The molecule has 1 saturated carbocycles. The summed E-state index contributed by atoms with van der Waals surface area (Å²) >= 11 is 0. The van der Waals surface area contributed by atoms with Gasteiger partial charge in [-0.25, -0.2) is 4.79 Å². The molecule has 2 aromatic rings. The number of hydrogen-bond donors (Lipinski definition) is 1. The van der Waals surface area contributed by atoms with E-state index >= 15 is 0 Å². The topological polar surface area (TPSA) is 87.0 Å². The number of carboxylic acids is 1. The second-order valence-electron chi connectivity index (χ2n) is 8.38. The van der Waals surface area contributed by atoms with Gasteiger partial charge in [0.25, 0.3) is 0 Å². The minimum Gasteiger partial charge on any atom is -0.493 e. The SMILES string of the molecule is COCCCOc1cc2c(cc1OC)-c1cc(=O)c(C(=O)O)cn1[C@H](C1(C)CC1)C2. The Kier molecular flexibility index (Phi) is 5.32. The Labute approximate surface area is 175 Å². The first-order chi connectivity index (χ1) is 14.4. The number of nitrogens with zero attached hydrogens (tertiary/aromatic N) is 1. The molecule has 0 radical (unpaired) electrons. The zero-order valence-electron chi connectivity index (χ0n) is 17.6. The van der Waals surface area contributed by atoms with Gasteiger partial charge < -0.3 is 23.9 Å². The highest BCUT2D eigenvalue weighted by Crippen LogP contribution is 2.57. The maximum Gasteiger partial charge on any atom is 0.341 e. The highest BCUT2D eigenvalue weighted by molar-refractivity contribution is 5.88. The van der Waals surface area contributed by atoms with Crippen LogP contribution in [0.25, 0.3) is 11.3 Å². The molecule has 160 valence electrons. The second-order valence-corrected chi connectivity index (χ2v) is 8.38. The number of carboxylic acid groups (broad SMARTS) is 1. The van der Waals surface area contributed by atoms with Crippen LogP contribution in [-0.2, 0) is 11.2 Å². The van der Waals surface area contributed by atoms with Crippen LogP contribution in [0.2, 0.25) is 0 Å². The van der Waals surface area contributed by atoms with Crippen LogP contribution in [0.15, 0.2) is 29.2 Å². The van der Waals surface area contributed by atoms with E-state index in [4.69, 9.17) is 14.2 Å². The lowest BCUT2D eigenvalue weighted by Gasteiger charge is -2.35. The van der Waals surface area contributed by atoms with Gasteiger partial charge in [-0.05, 0) is 42.4 Å². The van der Waals surface area contributed by atoms with Crippen LogP contribution in [0, 0.1) is 5.41 Å². The van der Waals surface area contributed by atoms with Crippen LogP contribution in [0.5, 0.6) is 11.5 Å². The van der Waals surface area contributed by atoms with Crippen molar-refractivity contribution < 1.29 is 24.1 Å². The van der Waals surface area contributed by atoms with Gasteiger partial charge in [0.15, 0.2) is 16.9 Å². The Morgan fingerprint density at radius 2 is 1.97 bits per heavy atom. The number of carbonyl (C=O) groups is 1. The Bertz CT molecular complexity index is 1040. The third-order valence-electron chi connectivity index (χ3n) is 6.32. The summed E-state index contributed by atoms with van der Waals surface area (Å²) in [6.45, 7) is 3.36. The third kappa shape index (κ3) is 3.58. The lowest BCUT2D eigenvalue weighted by molar-refractivity contribution is 0.0694. The van der Waals surface area contributed by atoms with Crippen LogP contribution in [0.4, 0.5) is 0 Å². The van der Waals surface area contributed by atoms with Crippen molar-refractivity contribution in [1.82, 2.24) is 4.57 Å². The van der Waals surface area contributed by atoms with Gasteiger partial charge in [0.05, 0.1) is 19.4 Å². The van der Waals surface area contributed by atoms with Gasteiger partial charge >= 0.3 is 5.97 Å². The largest absolute Gasteiger partial charge is 0.493 e. The average Bonchev–Trinajstić information content (AvgIpc) is 3.47. The molecule has 1 aliphatic heterocycles. The molecule has 0 spiro atoms. The molecule has 1 aromatic carbocycles. The summed E-state index contributed by atoms with van der Waals surface area (Å²) in [6.07, 6.45) is 5.20. The van der Waals surface area contributed by atoms with Crippen molar-refractivity contribution in [3.05, 3.63) is 45.7 Å². The molecule has 0 saturated heterocycles. The summed E-state index contributed by atoms with van der Waals surface area (Å²) in [5.74, 6) is 0.0618. The normalized spacial score (nSPS) is 18.3. The van der Waals surface area contributed by atoms with E-state index in [9.17, 15) is 14.7 Å². The number of aromatic carboxylic acids is 1. The summed E-state index contributed by atoms with van der Waals surface area (Å²) in [5.41, 5.74) is 2.11. The predicted octanol–water partition coefficient (Wildman–Crippen LogP) is 3.53. The maximum atomic E-state index is 12.5. The first-order valence-corrected chi connectivity index (χ1v) is 10.2. The van der Waals surface area contributed by atoms with E-state index in [-0.39, 0.29) is 17.0 Å². The first-order valence-electron chi connectivity index (χ1n) is 10.2. The van der Waals surface area contributed by atoms with Crippen LogP contribution >= 0.6 is 0 Å². The minimum atomic E-state index is -1.20. The number of ether oxygens (including phenoxy) is 3.